The summed E-state index contributed by atoms with van der Waals surface area (Å²) in [7, 11) is -1.92. The SMILES string of the molecule is CC1(C)c2cc3ccccc3[c-]c2-c2ncnc3sc([Si](C)(C)c4ccccc4)c1c23.CCC(CC)C(=O)/C=C(\O)C(CC)CC.[Ir]. The molecule has 5 aromatic rings. The van der Waals surface area contributed by atoms with Crippen LogP contribution in [0.15, 0.2) is 78.8 Å². The van der Waals surface area contributed by atoms with Crippen LogP contribution in [0.4, 0.5) is 0 Å². The van der Waals surface area contributed by atoms with Crippen molar-refractivity contribution in [1.82, 2.24) is 9.97 Å². The van der Waals surface area contributed by atoms with E-state index in [0.717, 1.165) is 47.2 Å². The number of carbonyl (C=O) groups excluding carboxylic acids is 1. The maximum atomic E-state index is 11.7. The molecule has 6 rings (SSSR count). The number of aromatic nitrogens is 2. The van der Waals surface area contributed by atoms with Crippen molar-refractivity contribution in [3.63, 3.8) is 0 Å². The zero-order chi connectivity index (χ0) is 33.2. The molecule has 2 heterocycles. The second-order valence-corrected chi connectivity index (χ2v) is 19.2. The van der Waals surface area contributed by atoms with E-state index in [0.29, 0.717) is 0 Å². The van der Waals surface area contributed by atoms with E-state index < -0.39 is 8.07 Å². The van der Waals surface area contributed by atoms with Crippen LogP contribution in [0.1, 0.15) is 78.4 Å². The average molecular weight is 840 g/mol. The summed E-state index contributed by atoms with van der Waals surface area (Å²) in [5.74, 6) is 0.547. The zero-order valence-electron chi connectivity index (χ0n) is 28.9. The van der Waals surface area contributed by atoms with Crippen molar-refractivity contribution in [3.05, 3.63) is 96.0 Å². The number of hydrogen-bond donors (Lipinski definition) is 1. The number of thiophene rings is 1. The van der Waals surface area contributed by atoms with E-state index >= 15 is 0 Å². The van der Waals surface area contributed by atoms with Crippen molar-refractivity contribution in [3.8, 4) is 11.3 Å². The standard InChI is InChI=1S/C27H23N2SSi.C13H24O2.Ir/c1-27(2)21-15-18-11-9-8-10-17(18)14-20(21)24-22-23(27)26(30-25(22)29-16-28-24)31(3,4)19-12-6-5-7-13-19;1-5-10(6-2)12(14)9-13(15)11(7-3)8-4;/h5-13,15-16H,1-4H3;9-11,14H,5-8H2,1-4H3;/q-1;;/b;12-9-;. The first kappa shape index (κ1) is 36.9. The normalized spacial score (nSPS) is 13.7. The molecular formula is C40H47IrN2O2SSi-. The van der Waals surface area contributed by atoms with Gasteiger partial charge in [-0.25, -0.2) is 4.98 Å². The summed E-state index contributed by atoms with van der Waals surface area (Å²) in [6, 6.07) is 25.6. The molecule has 1 radical (unpaired) electrons. The minimum atomic E-state index is -1.92. The molecule has 1 N–H and O–H groups in total. The number of carbonyl (C=O) groups is 1. The maximum Gasteiger partial charge on any atom is 0.162 e. The van der Waals surface area contributed by atoms with Gasteiger partial charge in [-0.15, -0.1) is 34.9 Å². The summed E-state index contributed by atoms with van der Waals surface area (Å²) < 4.78 is 1.51. The quantitative estimate of drug-likeness (QED) is 0.0696. The first-order valence-corrected chi connectivity index (χ1v) is 20.5. The summed E-state index contributed by atoms with van der Waals surface area (Å²) in [6.45, 7) is 17.7. The number of aliphatic hydroxyl groups is 1. The van der Waals surface area contributed by atoms with Crippen LogP contribution < -0.4 is 9.69 Å². The van der Waals surface area contributed by atoms with Gasteiger partial charge in [0.1, 0.15) is 19.2 Å². The minimum Gasteiger partial charge on any atom is -0.512 e. The Labute approximate surface area is 299 Å². The third-order valence-corrected chi connectivity index (χ3v) is 15.9. The van der Waals surface area contributed by atoms with Gasteiger partial charge in [0.05, 0.1) is 5.76 Å². The number of hydrogen-bond acceptors (Lipinski definition) is 5. The average Bonchev–Trinajstić information content (AvgIpc) is 3.48. The topological polar surface area (TPSA) is 63.1 Å². The second kappa shape index (κ2) is 15.1. The third-order valence-electron chi connectivity index (χ3n) is 9.96. The van der Waals surface area contributed by atoms with Gasteiger partial charge in [0.15, 0.2) is 5.78 Å². The molecule has 7 heteroatoms. The smallest absolute Gasteiger partial charge is 0.162 e. The van der Waals surface area contributed by atoms with Crippen LogP contribution in [0.25, 0.3) is 32.2 Å². The van der Waals surface area contributed by atoms with Gasteiger partial charge in [-0.2, -0.15) is 0 Å². The van der Waals surface area contributed by atoms with Gasteiger partial charge in [-0.1, -0.05) is 125 Å². The van der Waals surface area contributed by atoms with Crippen LogP contribution in [0, 0.1) is 17.9 Å². The fourth-order valence-electron chi connectivity index (χ4n) is 6.91. The Balaban J connectivity index is 0.000000269. The number of aliphatic hydroxyl groups excluding tert-OH is 1. The van der Waals surface area contributed by atoms with Crippen molar-refractivity contribution in [2.45, 2.75) is 85.7 Å². The van der Waals surface area contributed by atoms with Crippen LogP contribution in [-0.4, -0.2) is 28.9 Å². The molecule has 47 heavy (non-hydrogen) atoms. The van der Waals surface area contributed by atoms with E-state index in [1.54, 1.807) is 6.33 Å². The predicted molar refractivity (Wildman–Crippen MR) is 198 cm³/mol. The van der Waals surface area contributed by atoms with E-state index in [-0.39, 0.29) is 48.9 Å². The van der Waals surface area contributed by atoms with Crippen LogP contribution in [0.5, 0.6) is 0 Å². The maximum absolute atomic E-state index is 11.7. The van der Waals surface area contributed by atoms with Crippen LogP contribution in [0.3, 0.4) is 0 Å². The molecule has 0 atom stereocenters. The van der Waals surface area contributed by atoms with Crippen molar-refractivity contribution < 1.29 is 30.0 Å². The summed E-state index contributed by atoms with van der Waals surface area (Å²) in [4.78, 5) is 22.3. The van der Waals surface area contributed by atoms with E-state index in [1.165, 1.54) is 37.7 Å². The number of nitrogens with zero attached hydrogens (tertiary/aromatic N) is 2. The van der Waals surface area contributed by atoms with Gasteiger partial charge in [-0.3, -0.25) is 9.78 Å². The van der Waals surface area contributed by atoms with Crippen molar-refractivity contribution >= 4 is 55.9 Å². The molecule has 249 valence electrons. The predicted octanol–water partition coefficient (Wildman–Crippen LogP) is 9.64. The van der Waals surface area contributed by atoms with E-state index in [2.05, 4.69) is 93.7 Å². The minimum absolute atomic E-state index is 0. The number of rotatable bonds is 9. The Bertz CT molecular complexity index is 1890. The molecule has 0 aliphatic heterocycles. The zero-order valence-corrected chi connectivity index (χ0v) is 33.1. The summed E-state index contributed by atoms with van der Waals surface area (Å²) in [6.07, 6.45) is 6.63. The van der Waals surface area contributed by atoms with Gasteiger partial charge >= 0.3 is 0 Å². The molecule has 0 spiro atoms. The first-order chi connectivity index (χ1) is 22.0. The Morgan fingerprint density at radius 2 is 1.55 bits per heavy atom. The van der Waals surface area contributed by atoms with E-state index in [9.17, 15) is 9.90 Å². The van der Waals surface area contributed by atoms with Crippen LogP contribution in [0.2, 0.25) is 13.1 Å². The molecule has 1 aliphatic carbocycles. The van der Waals surface area contributed by atoms with Crippen molar-refractivity contribution in [2.75, 3.05) is 0 Å². The molecule has 4 nitrogen and oxygen atoms in total. The molecule has 1 aliphatic rings. The molecule has 3 aromatic carbocycles. The number of benzene rings is 3. The molecule has 0 saturated heterocycles. The molecule has 0 saturated carbocycles. The molecule has 0 bridgehead atoms. The van der Waals surface area contributed by atoms with Gasteiger partial charge in [0, 0.05) is 53.6 Å². The van der Waals surface area contributed by atoms with Gasteiger partial charge in [0.2, 0.25) is 0 Å². The van der Waals surface area contributed by atoms with Crippen molar-refractivity contribution in [2.24, 2.45) is 11.8 Å². The molecular weight excluding hydrogens is 793 g/mol. The number of ketones is 1. The first-order valence-electron chi connectivity index (χ1n) is 16.7. The molecule has 0 fully saturated rings. The summed E-state index contributed by atoms with van der Waals surface area (Å²) >= 11 is 1.88. The largest absolute Gasteiger partial charge is 0.512 e. The molecule has 2 aromatic heterocycles. The van der Waals surface area contributed by atoms with Crippen LogP contribution >= 0.6 is 11.3 Å². The fourth-order valence-corrected chi connectivity index (χ4v) is 12.0. The van der Waals surface area contributed by atoms with Crippen LogP contribution in [-0.2, 0) is 30.3 Å². The summed E-state index contributed by atoms with van der Waals surface area (Å²) in [5.41, 5.74) is 4.78. The molecule has 0 amide bonds. The van der Waals surface area contributed by atoms with Gasteiger partial charge in [-0.05, 0) is 36.7 Å². The second-order valence-electron chi connectivity index (χ2n) is 13.5. The summed E-state index contributed by atoms with van der Waals surface area (Å²) in [5, 5.41) is 14.8. The Morgan fingerprint density at radius 3 is 2.19 bits per heavy atom. The number of allylic oxidation sites excluding steroid dienone is 2. The van der Waals surface area contributed by atoms with Crippen molar-refractivity contribution in [1.29, 1.82) is 0 Å². The fraction of sp³-hybridized carbons (Fsp3) is 0.375. The van der Waals surface area contributed by atoms with Gasteiger partial charge in [0.25, 0.3) is 0 Å². The Kier molecular flexibility index (Phi) is 11.8. The van der Waals surface area contributed by atoms with E-state index in [4.69, 9.17) is 9.97 Å². The Hall–Kier alpha value is -2.96. The molecule has 0 unspecified atom stereocenters. The third kappa shape index (κ3) is 6.96. The van der Waals surface area contributed by atoms with Gasteiger partial charge < -0.3 is 5.11 Å². The van der Waals surface area contributed by atoms with E-state index in [1.807, 2.05) is 39.0 Å². The number of fused-ring (bicyclic) bond motifs is 3. The monoisotopic (exact) mass is 840 g/mol. The Morgan fingerprint density at radius 1 is 0.936 bits per heavy atom.